The molecule has 0 aliphatic heterocycles. The Bertz CT molecular complexity index is 405. The quantitative estimate of drug-likeness (QED) is 0.486. The van der Waals surface area contributed by atoms with Gasteiger partial charge in [-0.25, -0.2) is 4.79 Å². The molecule has 0 aromatic heterocycles. The Balaban J connectivity index is 2.71. The summed E-state index contributed by atoms with van der Waals surface area (Å²) in [5.41, 5.74) is 7.19. The lowest BCUT2D eigenvalue weighted by molar-refractivity contribution is 0.0526. The van der Waals surface area contributed by atoms with Crippen LogP contribution in [0.1, 0.15) is 37.6 Å². The van der Waals surface area contributed by atoms with Crippen molar-refractivity contribution in [1.29, 1.82) is 0 Å². The number of benzene rings is 1. The van der Waals surface area contributed by atoms with Crippen molar-refractivity contribution in [3.05, 3.63) is 23.8 Å². The summed E-state index contributed by atoms with van der Waals surface area (Å²) >= 11 is 1.69. The van der Waals surface area contributed by atoms with E-state index in [1.807, 2.05) is 6.07 Å². The fourth-order valence-corrected chi connectivity index (χ4v) is 2.66. The minimum Gasteiger partial charge on any atom is -0.462 e. The zero-order chi connectivity index (χ0) is 13.5. The molecule has 1 aromatic rings. The second kappa shape index (κ2) is 7.31. The summed E-state index contributed by atoms with van der Waals surface area (Å²) in [6.07, 6.45) is 1.13. The molecule has 0 atom stereocenters. The standard InChI is InChI=1S/C14H21NO2S/c1-4-17-14(16)11-5-6-12(15)13(9-11)18-8-7-10(2)3/h5-6,9-10H,4,7-8,15H2,1-3H3. The highest BCUT2D eigenvalue weighted by molar-refractivity contribution is 7.99. The second-order valence-corrected chi connectivity index (χ2v) is 5.64. The van der Waals surface area contributed by atoms with Crippen LogP contribution in [0.25, 0.3) is 0 Å². The zero-order valence-electron chi connectivity index (χ0n) is 11.2. The van der Waals surface area contributed by atoms with Crippen molar-refractivity contribution < 1.29 is 9.53 Å². The molecule has 0 radical (unpaired) electrons. The van der Waals surface area contributed by atoms with E-state index in [4.69, 9.17) is 10.5 Å². The molecule has 0 bridgehead atoms. The van der Waals surface area contributed by atoms with Crippen LogP contribution in [0.15, 0.2) is 23.1 Å². The SMILES string of the molecule is CCOC(=O)c1ccc(N)c(SCCC(C)C)c1. The van der Waals surface area contributed by atoms with E-state index < -0.39 is 0 Å². The lowest BCUT2D eigenvalue weighted by atomic mass is 10.2. The molecule has 0 heterocycles. The van der Waals surface area contributed by atoms with Crippen LogP contribution in [0, 0.1) is 5.92 Å². The number of thioether (sulfide) groups is 1. The molecule has 0 fully saturated rings. The van der Waals surface area contributed by atoms with E-state index >= 15 is 0 Å². The van der Waals surface area contributed by atoms with Gasteiger partial charge in [0.15, 0.2) is 0 Å². The van der Waals surface area contributed by atoms with Crippen molar-refractivity contribution >= 4 is 23.4 Å². The van der Waals surface area contributed by atoms with Gasteiger partial charge in [-0.3, -0.25) is 0 Å². The van der Waals surface area contributed by atoms with Gasteiger partial charge in [0.1, 0.15) is 0 Å². The first-order valence-corrected chi connectivity index (χ1v) is 7.22. The summed E-state index contributed by atoms with van der Waals surface area (Å²) in [6, 6.07) is 5.29. The number of hydrogen-bond acceptors (Lipinski definition) is 4. The van der Waals surface area contributed by atoms with Gasteiger partial charge in [-0.1, -0.05) is 13.8 Å². The highest BCUT2D eigenvalue weighted by atomic mass is 32.2. The number of ether oxygens (including phenoxy) is 1. The van der Waals surface area contributed by atoms with E-state index in [1.165, 1.54) is 0 Å². The van der Waals surface area contributed by atoms with Crippen molar-refractivity contribution in [3.63, 3.8) is 0 Å². The molecule has 18 heavy (non-hydrogen) atoms. The third kappa shape index (κ3) is 4.61. The Kier molecular flexibility index (Phi) is 6.05. The van der Waals surface area contributed by atoms with Crippen molar-refractivity contribution in [2.45, 2.75) is 32.1 Å². The van der Waals surface area contributed by atoms with Crippen LogP contribution in [-0.4, -0.2) is 18.3 Å². The summed E-state index contributed by atoms with van der Waals surface area (Å²) in [5.74, 6) is 1.39. The van der Waals surface area contributed by atoms with E-state index in [0.717, 1.165) is 22.8 Å². The van der Waals surface area contributed by atoms with Gasteiger partial charge < -0.3 is 10.5 Å². The summed E-state index contributed by atoms with van der Waals surface area (Å²) in [6.45, 7) is 6.57. The largest absolute Gasteiger partial charge is 0.462 e. The molecule has 4 heteroatoms. The molecule has 0 spiro atoms. The molecule has 0 aliphatic carbocycles. The second-order valence-electron chi connectivity index (χ2n) is 4.50. The molecular weight excluding hydrogens is 246 g/mol. The van der Waals surface area contributed by atoms with Gasteiger partial charge in [0.25, 0.3) is 0 Å². The minimum atomic E-state index is -0.289. The predicted molar refractivity (Wildman–Crippen MR) is 77.0 cm³/mol. The molecule has 100 valence electrons. The summed E-state index contributed by atoms with van der Waals surface area (Å²) in [4.78, 5) is 12.6. The van der Waals surface area contributed by atoms with Gasteiger partial charge in [0, 0.05) is 10.6 Å². The minimum absolute atomic E-state index is 0.289. The Morgan fingerprint density at radius 2 is 2.17 bits per heavy atom. The number of nitrogens with two attached hydrogens (primary N) is 1. The van der Waals surface area contributed by atoms with Crippen LogP contribution in [0.5, 0.6) is 0 Å². The van der Waals surface area contributed by atoms with Gasteiger partial charge in [-0.2, -0.15) is 0 Å². The molecule has 1 rings (SSSR count). The van der Waals surface area contributed by atoms with Crippen LogP contribution in [0.3, 0.4) is 0 Å². The number of carbonyl (C=O) groups is 1. The number of anilines is 1. The summed E-state index contributed by atoms with van der Waals surface area (Å²) in [5, 5.41) is 0. The number of rotatable bonds is 6. The first-order valence-electron chi connectivity index (χ1n) is 6.24. The molecule has 0 aliphatic rings. The normalized spacial score (nSPS) is 10.7. The molecule has 1 aromatic carbocycles. The van der Waals surface area contributed by atoms with E-state index in [0.29, 0.717) is 18.1 Å². The third-order valence-electron chi connectivity index (χ3n) is 2.48. The van der Waals surface area contributed by atoms with Crippen molar-refractivity contribution in [1.82, 2.24) is 0 Å². The Hall–Kier alpha value is -1.16. The van der Waals surface area contributed by atoms with Gasteiger partial charge in [-0.05, 0) is 43.2 Å². The monoisotopic (exact) mass is 267 g/mol. The summed E-state index contributed by atoms with van der Waals surface area (Å²) < 4.78 is 4.98. The van der Waals surface area contributed by atoms with E-state index in [-0.39, 0.29) is 5.97 Å². The Morgan fingerprint density at radius 1 is 1.44 bits per heavy atom. The van der Waals surface area contributed by atoms with Gasteiger partial charge >= 0.3 is 5.97 Å². The smallest absolute Gasteiger partial charge is 0.338 e. The fourth-order valence-electron chi connectivity index (χ4n) is 1.41. The average molecular weight is 267 g/mol. The van der Waals surface area contributed by atoms with Gasteiger partial charge in [-0.15, -0.1) is 11.8 Å². The lowest BCUT2D eigenvalue weighted by Gasteiger charge is -2.09. The molecule has 0 amide bonds. The maximum atomic E-state index is 11.6. The molecule has 0 saturated carbocycles. The van der Waals surface area contributed by atoms with Crippen molar-refractivity contribution in [2.75, 3.05) is 18.1 Å². The van der Waals surface area contributed by atoms with Crippen molar-refractivity contribution in [2.24, 2.45) is 5.92 Å². The maximum Gasteiger partial charge on any atom is 0.338 e. The Labute approximate surface area is 113 Å². The first kappa shape index (κ1) is 14.9. The van der Waals surface area contributed by atoms with Gasteiger partial charge in [0.05, 0.1) is 12.2 Å². The molecule has 3 nitrogen and oxygen atoms in total. The zero-order valence-corrected chi connectivity index (χ0v) is 12.0. The Morgan fingerprint density at radius 3 is 2.78 bits per heavy atom. The van der Waals surface area contributed by atoms with Crippen LogP contribution in [0.2, 0.25) is 0 Å². The third-order valence-corrected chi connectivity index (χ3v) is 3.58. The van der Waals surface area contributed by atoms with E-state index in [1.54, 1.807) is 30.8 Å². The van der Waals surface area contributed by atoms with Gasteiger partial charge in [0.2, 0.25) is 0 Å². The van der Waals surface area contributed by atoms with Crippen LogP contribution in [0.4, 0.5) is 5.69 Å². The van der Waals surface area contributed by atoms with Crippen molar-refractivity contribution in [3.8, 4) is 0 Å². The highest BCUT2D eigenvalue weighted by Crippen LogP contribution is 2.27. The number of hydrogen-bond donors (Lipinski definition) is 1. The van der Waals surface area contributed by atoms with E-state index in [2.05, 4.69) is 13.8 Å². The molecular formula is C14H21NO2S. The molecule has 0 unspecified atom stereocenters. The van der Waals surface area contributed by atoms with E-state index in [9.17, 15) is 4.79 Å². The lowest BCUT2D eigenvalue weighted by Crippen LogP contribution is -2.05. The fraction of sp³-hybridized carbons (Fsp3) is 0.500. The predicted octanol–water partition coefficient (Wildman–Crippen LogP) is 3.58. The topological polar surface area (TPSA) is 52.3 Å². The number of nitrogen functional groups attached to an aromatic ring is 1. The van der Waals surface area contributed by atoms with Crippen LogP contribution >= 0.6 is 11.8 Å². The van der Waals surface area contributed by atoms with Crippen LogP contribution in [-0.2, 0) is 4.74 Å². The molecule has 2 N–H and O–H groups in total. The maximum absolute atomic E-state index is 11.6. The number of esters is 1. The highest BCUT2D eigenvalue weighted by Gasteiger charge is 2.09. The summed E-state index contributed by atoms with van der Waals surface area (Å²) in [7, 11) is 0. The first-order chi connectivity index (χ1) is 8.54. The van der Waals surface area contributed by atoms with Crippen LogP contribution < -0.4 is 5.73 Å². The average Bonchev–Trinajstić information content (AvgIpc) is 2.31. The number of carbonyl (C=O) groups excluding carboxylic acids is 1. The molecule has 0 saturated heterocycles.